The maximum atomic E-state index is 6.45. The van der Waals surface area contributed by atoms with E-state index in [2.05, 4.69) is 31.2 Å². The molecule has 0 atom stereocenters. The van der Waals surface area contributed by atoms with Crippen molar-refractivity contribution in [2.75, 3.05) is 0 Å². The average molecular weight is 298 g/mol. The van der Waals surface area contributed by atoms with Crippen molar-refractivity contribution in [3.8, 4) is 0 Å². The first-order valence-electron chi connectivity index (χ1n) is 8.16. The van der Waals surface area contributed by atoms with Gasteiger partial charge in [-0.25, -0.2) is 0 Å². The number of hydrogen-bond donors (Lipinski definition) is 1. The van der Waals surface area contributed by atoms with E-state index < -0.39 is 0 Å². The summed E-state index contributed by atoms with van der Waals surface area (Å²) in [5.74, 6) is 0.949. The highest BCUT2D eigenvalue weighted by Crippen LogP contribution is 2.27. The van der Waals surface area contributed by atoms with Gasteiger partial charge >= 0.3 is 0 Å². The molecule has 0 aliphatic heterocycles. The second kappa shape index (κ2) is 7.46. The van der Waals surface area contributed by atoms with E-state index in [1.807, 2.05) is 4.68 Å². The molecule has 1 heterocycles. The first-order chi connectivity index (χ1) is 9.69. The van der Waals surface area contributed by atoms with Gasteiger partial charge in [0.15, 0.2) is 0 Å². The highest BCUT2D eigenvalue weighted by Gasteiger charge is 2.21. The van der Waals surface area contributed by atoms with E-state index in [1.54, 1.807) is 0 Å². The predicted octanol–water partition coefficient (Wildman–Crippen LogP) is 4.18. The molecule has 2 rings (SSSR count). The molecule has 0 spiro atoms. The average Bonchev–Trinajstić information content (AvgIpc) is 2.81. The van der Waals surface area contributed by atoms with Crippen LogP contribution in [0.5, 0.6) is 0 Å². The summed E-state index contributed by atoms with van der Waals surface area (Å²) in [5.41, 5.74) is 2.18. The lowest BCUT2D eigenvalue weighted by atomic mass is 9.84. The topological polar surface area (TPSA) is 29.9 Å². The van der Waals surface area contributed by atoms with Gasteiger partial charge in [0.1, 0.15) is 0 Å². The van der Waals surface area contributed by atoms with Crippen LogP contribution in [0.1, 0.15) is 64.3 Å². The van der Waals surface area contributed by atoms with Crippen molar-refractivity contribution in [3.05, 3.63) is 16.4 Å². The zero-order valence-electron chi connectivity index (χ0n) is 13.1. The summed E-state index contributed by atoms with van der Waals surface area (Å²) in [7, 11) is 0. The van der Waals surface area contributed by atoms with Gasteiger partial charge in [-0.1, -0.05) is 31.9 Å². The van der Waals surface area contributed by atoms with E-state index >= 15 is 0 Å². The number of aryl methyl sites for hydroxylation is 2. The fraction of sp³-hybridized carbons (Fsp3) is 0.812. The normalized spacial score (nSPS) is 23.2. The van der Waals surface area contributed by atoms with Gasteiger partial charge in [0.05, 0.1) is 16.4 Å². The maximum absolute atomic E-state index is 6.45. The quantitative estimate of drug-likeness (QED) is 0.854. The van der Waals surface area contributed by atoms with E-state index in [9.17, 15) is 0 Å². The SMILES string of the molecule is CCc1nn(CC)c(CNC2CCC(CC)CC2)c1Cl. The number of hydrogen-bond acceptors (Lipinski definition) is 2. The van der Waals surface area contributed by atoms with Crippen molar-refractivity contribution in [3.63, 3.8) is 0 Å². The van der Waals surface area contributed by atoms with Crippen molar-refractivity contribution in [2.45, 2.75) is 78.4 Å². The van der Waals surface area contributed by atoms with Crippen LogP contribution in [-0.2, 0) is 19.5 Å². The Kier molecular flexibility index (Phi) is 5.91. The van der Waals surface area contributed by atoms with Crippen LogP contribution in [0, 0.1) is 5.92 Å². The van der Waals surface area contributed by atoms with Crippen molar-refractivity contribution in [1.29, 1.82) is 0 Å². The standard InChI is InChI=1S/C16H28ClN3/c1-4-12-7-9-13(10-8-12)18-11-15-16(17)14(5-2)19-20(15)6-3/h12-13,18H,4-11H2,1-3H3. The fourth-order valence-corrected chi connectivity index (χ4v) is 3.54. The number of halogens is 1. The highest BCUT2D eigenvalue weighted by atomic mass is 35.5. The molecule has 0 unspecified atom stereocenters. The van der Waals surface area contributed by atoms with Gasteiger partial charge in [0, 0.05) is 19.1 Å². The summed E-state index contributed by atoms with van der Waals surface area (Å²) in [6, 6.07) is 0.652. The van der Waals surface area contributed by atoms with Crippen LogP contribution in [0.15, 0.2) is 0 Å². The zero-order valence-corrected chi connectivity index (χ0v) is 13.8. The van der Waals surface area contributed by atoms with Crippen LogP contribution in [0.2, 0.25) is 5.02 Å². The van der Waals surface area contributed by atoms with Crippen molar-refractivity contribution < 1.29 is 0 Å². The Balaban J connectivity index is 1.92. The molecule has 1 aromatic rings. The van der Waals surface area contributed by atoms with Gasteiger partial charge in [-0.15, -0.1) is 0 Å². The Labute approximate surface area is 128 Å². The lowest BCUT2D eigenvalue weighted by Crippen LogP contribution is -2.33. The van der Waals surface area contributed by atoms with Crippen LogP contribution in [0.25, 0.3) is 0 Å². The van der Waals surface area contributed by atoms with Gasteiger partial charge in [-0.05, 0) is 44.9 Å². The second-order valence-corrected chi connectivity index (χ2v) is 6.26. The molecule has 0 amide bonds. The molecule has 0 saturated heterocycles. The highest BCUT2D eigenvalue weighted by molar-refractivity contribution is 6.31. The number of rotatable bonds is 6. The summed E-state index contributed by atoms with van der Waals surface area (Å²) in [5, 5.41) is 9.14. The van der Waals surface area contributed by atoms with E-state index in [0.717, 1.165) is 41.8 Å². The first-order valence-corrected chi connectivity index (χ1v) is 8.54. The zero-order chi connectivity index (χ0) is 14.5. The monoisotopic (exact) mass is 297 g/mol. The Bertz CT molecular complexity index is 420. The third kappa shape index (κ3) is 3.56. The third-order valence-electron chi connectivity index (χ3n) is 4.68. The van der Waals surface area contributed by atoms with Crippen LogP contribution < -0.4 is 5.32 Å². The summed E-state index contributed by atoms with van der Waals surface area (Å²) < 4.78 is 2.05. The fourth-order valence-electron chi connectivity index (χ4n) is 3.20. The maximum Gasteiger partial charge on any atom is 0.0863 e. The molecule has 1 fully saturated rings. The molecule has 4 heteroatoms. The third-order valence-corrected chi connectivity index (χ3v) is 5.11. The number of aromatic nitrogens is 2. The summed E-state index contributed by atoms with van der Waals surface area (Å²) in [4.78, 5) is 0. The van der Waals surface area contributed by atoms with E-state index in [4.69, 9.17) is 11.6 Å². The Morgan fingerprint density at radius 1 is 1.20 bits per heavy atom. The van der Waals surface area contributed by atoms with Crippen molar-refractivity contribution in [2.24, 2.45) is 5.92 Å². The minimum absolute atomic E-state index is 0.652. The lowest BCUT2D eigenvalue weighted by Gasteiger charge is -2.28. The molecule has 0 radical (unpaired) electrons. The minimum Gasteiger partial charge on any atom is -0.308 e. The summed E-state index contributed by atoms with van der Waals surface area (Å²) in [6.07, 6.45) is 7.58. The molecule has 1 aromatic heterocycles. The first kappa shape index (κ1) is 15.8. The van der Waals surface area contributed by atoms with Gasteiger partial charge in [-0.3, -0.25) is 4.68 Å². The van der Waals surface area contributed by atoms with Crippen LogP contribution in [0.3, 0.4) is 0 Å². The molecule has 114 valence electrons. The van der Waals surface area contributed by atoms with E-state index in [-0.39, 0.29) is 0 Å². The molecule has 3 nitrogen and oxygen atoms in total. The largest absolute Gasteiger partial charge is 0.308 e. The molecular formula is C16H28ClN3. The van der Waals surface area contributed by atoms with Crippen molar-refractivity contribution in [1.82, 2.24) is 15.1 Å². The molecule has 1 aliphatic carbocycles. The summed E-state index contributed by atoms with van der Waals surface area (Å²) >= 11 is 6.45. The Morgan fingerprint density at radius 2 is 1.90 bits per heavy atom. The molecule has 1 saturated carbocycles. The van der Waals surface area contributed by atoms with Crippen LogP contribution >= 0.6 is 11.6 Å². The number of nitrogens with one attached hydrogen (secondary N) is 1. The lowest BCUT2D eigenvalue weighted by molar-refractivity contribution is 0.283. The molecule has 1 N–H and O–H groups in total. The number of nitrogens with zero attached hydrogens (tertiary/aromatic N) is 2. The van der Waals surface area contributed by atoms with Gasteiger partial charge in [0.25, 0.3) is 0 Å². The Morgan fingerprint density at radius 3 is 2.45 bits per heavy atom. The Hall–Kier alpha value is -0.540. The predicted molar refractivity (Wildman–Crippen MR) is 85.2 cm³/mol. The van der Waals surface area contributed by atoms with Crippen molar-refractivity contribution >= 4 is 11.6 Å². The van der Waals surface area contributed by atoms with Gasteiger partial charge < -0.3 is 5.32 Å². The smallest absolute Gasteiger partial charge is 0.0863 e. The van der Waals surface area contributed by atoms with E-state index in [0.29, 0.717) is 6.04 Å². The summed E-state index contributed by atoms with van der Waals surface area (Å²) in [6.45, 7) is 8.28. The molecular weight excluding hydrogens is 270 g/mol. The molecule has 0 bridgehead atoms. The van der Waals surface area contributed by atoms with Crippen LogP contribution in [-0.4, -0.2) is 15.8 Å². The molecule has 20 heavy (non-hydrogen) atoms. The van der Waals surface area contributed by atoms with Crippen LogP contribution in [0.4, 0.5) is 0 Å². The van der Waals surface area contributed by atoms with Gasteiger partial charge in [0.2, 0.25) is 0 Å². The van der Waals surface area contributed by atoms with Gasteiger partial charge in [-0.2, -0.15) is 5.10 Å². The second-order valence-electron chi connectivity index (χ2n) is 5.88. The van der Waals surface area contributed by atoms with E-state index in [1.165, 1.54) is 32.1 Å². The molecule has 1 aliphatic rings. The molecule has 0 aromatic carbocycles. The minimum atomic E-state index is 0.652.